The lowest BCUT2D eigenvalue weighted by Gasteiger charge is -2.19. The summed E-state index contributed by atoms with van der Waals surface area (Å²) in [5.41, 5.74) is -0.101. The number of carbonyl (C=O) groups excluding carboxylic acids is 1. The number of phenols is 1. The molecule has 3 N–H and O–H groups in total. The smallest absolute Gasteiger partial charge is 0.338 e. The van der Waals surface area contributed by atoms with Crippen LogP contribution in [-0.4, -0.2) is 30.5 Å². The second-order valence-corrected chi connectivity index (χ2v) is 5.17. The van der Waals surface area contributed by atoms with Crippen LogP contribution in [-0.2, 0) is 4.74 Å². The number of carbonyl (C=O) groups is 1. The number of quaternary nitrogens is 1. The van der Waals surface area contributed by atoms with Crippen molar-refractivity contribution in [3.8, 4) is 11.5 Å². The Labute approximate surface area is 136 Å². The fraction of sp³-hybridized carbons (Fsp3) is 0.118. The van der Waals surface area contributed by atoms with Crippen LogP contribution >= 0.6 is 0 Å². The van der Waals surface area contributed by atoms with Crippen molar-refractivity contribution in [2.24, 2.45) is 0 Å². The number of ether oxygens (including phenoxy) is 2. The van der Waals surface area contributed by atoms with Crippen molar-refractivity contribution in [1.29, 1.82) is 0 Å². The van der Waals surface area contributed by atoms with Crippen molar-refractivity contribution < 1.29 is 29.8 Å². The first kappa shape index (κ1) is 16.0. The highest BCUT2D eigenvalue weighted by atomic mass is 16.8. The maximum Gasteiger partial charge on any atom is 0.338 e. The summed E-state index contributed by atoms with van der Waals surface area (Å²) in [6, 6.07) is 9.73. The lowest BCUT2D eigenvalue weighted by Crippen LogP contribution is -2.99. The van der Waals surface area contributed by atoms with Gasteiger partial charge < -0.3 is 19.8 Å². The zero-order valence-electron chi connectivity index (χ0n) is 13.0. The molecule has 0 saturated heterocycles. The summed E-state index contributed by atoms with van der Waals surface area (Å²) >= 11 is 0. The van der Waals surface area contributed by atoms with Gasteiger partial charge in [0.05, 0.1) is 25.2 Å². The van der Waals surface area contributed by atoms with Crippen molar-refractivity contribution in [2.45, 2.75) is 0 Å². The highest BCUT2D eigenvalue weighted by Gasteiger charge is 2.25. The Morgan fingerprint density at radius 2 is 1.88 bits per heavy atom. The van der Waals surface area contributed by atoms with Crippen molar-refractivity contribution in [3.63, 3.8) is 0 Å². The molecule has 24 heavy (non-hydrogen) atoms. The molecule has 7 nitrogen and oxygen atoms in total. The van der Waals surface area contributed by atoms with Gasteiger partial charge in [0, 0.05) is 11.5 Å². The Kier molecular flexibility index (Phi) is 3.98. The van der Waals surface area contributed by atoms with Crippen molar-refractivity contribution in [2.75, 3.05) is 14.2 Å². The summed E-state index contributed by atoms with van der Waals surface area (Å²) < 4.78 is 10.0. The van der Waals surface area contributed by atoms with Crippen LogP contribution in [0.2, 0.25) is 0 Å². The minimum absolute atomic E-state index is 0.0334. The first-order valence-corrected chi connectivity index (χ1v) is 7.06. The minimum Gasteiger partial charge on any atom is -0.595 e. The largest absolute Gasteiger partial charge is 0.595 e. The number of methoxy groups -OCH3 is 2. The van der Waals surface area contributed by atoms with E-state index in [1.807, 2.05) is 0 Å². The van der Waals surface area contributed by atoms with Gasteiger partial charge in [-0.1, -0.05) is 24.3 Å². The van der Waals surface area contributed by atoms with E-state index in [0.29, 0.717) is 16.2 Å². The van der Waals surface area contributed by atoms with E-state index in [2.05, 4.69) is 0 Å². The molecule has 0 aromatic heterocycles. The summed E-state index contributed by atoms with van der Waals surface area (Å²) in [5.74, 6) is -0.897. The third kappa shape index (κ3) is 2.31. The van der Waals surface area contributed by atoms with Crippen LogP contribution in [0.4, 0.5) is 5.69 Å². The van der Waals surface area contributed by atoms with Gasteiger partial charge in [-0.2, -0.15) is 5.23 Å². The van der Waals surface area contributed by atoms with Gasteiger partial charge in [-0.25, -0.2) is 10.0 Å². The fourth-order valence-corrected chi connectivity index (χ4v) is 2.91. The molecule has 0 aliphatic carbocycles. The number of rotatable bonds is 3. The molecule has 0 aliphatic heterocycles. The standard InChI is InChI=1S/C17H15NO6/c1-23-16-13(19)8-11(17(20)24-2)14-12(18(21)22)7-9-5-3-4-6-10(9)15(14)16/h3-8,18-19,21H,1-2H3. The molecule has 3 aromatic carbocycles. The molecular formula is C17H15NO6. The maximum absolute atomic E-state index is 12.1. The van der Waals surface area contributed by atoms with Gasteiger partial charge in [-0.05, 0) is 16.8 Å². The SMILES string of the molecule is COC(=O)c1cc(O)c(OC)c2c1c([NH+]([O-])O)cc1ccccc12. The van der Waals surface area contributed by atoms with Crippen LogP contribution in [0.3, 0.4) is 0 Å². The molecule has 0 fully saturated rings. The molecule has 0 radical (unpaired) electrons. The maximum atomic E-state index is 12.1. The number of hydrogen-bond donors (Lipinski definition) is 3. The lowest BCUT2D eigenvalue weighted by molar-refractivity contribution is -0.990. The second kappa shape index (κ2) is 5.97. The van der Waals surface area contributed by atoms with E-state index in [-0.39, 0.29) is 28.1 Å². The average Bonchev–Trinajstić information content (AvgIpc) is 2.59. The molecule has 0 heterocycles. The molecule has 1 atom stereocenters. The molecule has 124 valence electrons. The normalized spacial score (nSPS) is 12.3. The molecule has 0 amide bonds. The molecule has 3 rings (SSSR count). The van der Waals surface area contributed by atoms with Gasteiger partial charge in [0.1, 0.15) is 0 Å². The molecular weight excluding hydrogens is 314 g/mol. The minimum atomic E-state index is -1.19. The summed E-state index contributed by atoms with van der Waals surface area (Å²) in [7, 11) is 2.56. The molecule has 0 aliphatic rings. The summed E-state index contributed by atoms with van der Waals surface area (Å²) in [4.78, 5) is 12.1. The van der Waals surface area contributed by atoms with E-state index >= 15 is 0 Å². The molecule has 1 unspecified atom stereocenters. The fourth-order valence-electron chi connectivity index (χ4n) is 2.91. The second-order valence-electron chi connectivity index (χ2n) is 5.17. The van der Waals surface area contributed by atoms with Crippen LogP contribution in [0.15, 0.2) is 36.4 Å². The highest BCUT2D eigenvalue weighted by Crippen LogP contribution is 2.43. The molecule has 0 spiro atoms. The quantitative estimate of drug-likeness (QED) is 0.385. The number of fused-ring (bicyclic) bond motifs is 3. The van der Waals surface area contributed by atoms with Crippen molar-refractivity contribution >= 4 is 33.2 Å². The van der Waals surface area contributed by atoms with E-state index in [9.17, 15) is 20.3 Å². The Balaban J connectivity index is 2.65. The molecule has 0 bridgehead atoms. The number of esters is 1. The van der Waals surface area contributed by atoms with Crippen LogP contribution < -0.4 is 9.96 Å². The van der Waals surface area contributed by atoms with Crippen LogP contribution in [0.5, 0.6) is 11.5 Å². The zero-order chi connectivity index (χ0) is 17.4. The number of benzene rings is 3. The van der Waals surface area contributed by atoms with Gasteiger partial charge in [0.25, 0.3) is 0 Å². The van der Waals surface area contributed by atoms with Gasteiger partial charge in [-0.15, -0.1) is 0 Å². The van der Waals surface area contributed by atoms with Crippen molar-refractivity contribution in [3.05, 3.63) is 47.2 Å². The summed E-state index contributed by atoms with van der Waals surface area (Å²) in [6.45, 7) is 0. The average molecular weight is 329 g/mol. The Morgan fingerprint density at radius 1 is 1.17 bits per heavy atom. The third-order valence-corrected chi connectivity index (χ3v) is 3.90. The van der Waals surface area contributed by atoms with Gasteiger partial charge in [-0.3, -0.25) is 0 Å². The Morgan fingerprint density at radius 3 is 2.50 bits per heavy atom. The topological polar surface area (TPSA) is 103 Å². The van der Waals surface area contributed by atoms with E-state index in [1.54, 1.807) is 24.3 Å². The van der Waals surface area contributed by atoms with E-state index in [4.69, 9.17) is 9.47 Å². The summed E-state index contributed by atoms with van der Waals surface area (Å²) in [5, 5.41) is 32.2. The Bertz CT molecular complexity index is 951. The number of phenolic OH excluding ortho intramolecular Hbond substituents is 1. The zero-order valence-corrected chi connectivity index (χ0v) is 13.0. The first-order valence-electron chi connectivity index (χ1n) is 7.06. The monoisotopic (exact) mass is 329 g/mol. The number of hydrogen-bond acceptors (Lipinski definition) is 6. The van der Waals surface area contributed by atoms with E-state index < -0.39 is 11.2 Å². The molecule has 3 aromatic rings. The predicted octanol–water partition coefficient (Wildman–Crippen LogP) is 1.90. The third-order valence-electron chi connectivity index (χ3n) is 3.90. The van der Waals surface area contributed by atoms with Gasteiger partial charge in [0.15, 0.2) is 17.2 Å². The lowest BCUT2D eigenvalue weighted by atomic mass is 9.95. The predicted molar refractivity (Wildman–Crippen MR) is 86.8 cm³/mol. The molecule has 7 heteroatoms. The molecule has 0 saturated carbocycles. The van der Waals surface area contributed by atoms with Crippen molar-refractivity contribution in [1.82, 2.24) is 0 Å². The summed E-state index contributed by atoms with van der Waals surface area (Å²) in [6.07, 6.45) is 0. The first-order chi connectivity index (χ1) is 11.5. The highest BCUT2D eigenvalue weighted by molar-refractivity contribution is 6.21. The van der Waals surface area contributed by atoms with Crippen LogP contribution in [0, 0.1) is 5.21 Å². The van der Waals surface area contributed by atoms with Crippen LogP contribution in [0.1, 0.15) is 10.4 Å². The van der Waals surface area contributed by atoms with E-state index in [1.165, 1.54) is 20.3 Å². The number of aromatic hydroxyl groups is 1. The number of nitrogens with one attached hydrogen (secondary N) is 1. The van der Waals surface area contributed by atoms with E-state index in [0.717, 1.165) is 6.07 Å². The van der Waals surface area contributed by atoms with Gasteiger partial charge >= 0.3 is 5.97 Å². The van der Waals surface area contributed by atoms with Crippen LogP contribution in [0.25, 0.3) is 21.5 Å². The van der Waals surface area contributed by atoms with Gasteiger partial charge in [0.2, 0.25) is 0 Å². The Hall–Kier alpha value is -2.87.